The lowest BCUT2D eigenvalue weighted by Crippen LogP contribution is -2.52. The number of anilines is 5. The largest absolute Gasteiger partial charge is 0.368 e. The molecule has 0 saturated heterocycles. The smallest absolute Gasteiger partial charge is 0.245 e. The summed E-state index contributed by atoms with van der Waals surface area (Å²) in [5, 5.41) is 5.42. The molecule has 20 nitrogen and oxygen atoms in total. The molecular weight excluding hydrogens is 612 g/mol. The first-order valence-electron chi connectivity index (χ1n) is 11.5. The number of carbonyl (C=O) groups excluding carboxylic acids is 4. The van der Waals surface area contributed by atoms with E-state index in [1.807, 2.05) is 9.44 Å². The highest BCUT2D eigenvalue weighted by molar-refractivity contribution is 7.89. The number of rotatable bonds is 14. The number of nitrogens with zero attached hydrogens (tertiary/aromatic N) is 3. The van der Waals surface area contributed by atoms with Crippen molar-refractivity contribution in [2.75, 3.05) is 16.4 Å². The Balaban J connectivity index is 1.84. The van der Waals surface area contributed by atoms with Crippen molar-refractivity contribution < 1.29 is 36.0 Å². The van der Waals surface area contributed by atoms with Crippen LogP contribution in [-0.2, 0) is 39.2 Å². The number of benzene rings is 2. The van der Waals surface area contributed by atoms with Gasteiger partial charge in [-0.05, 0) is 36.4 Å². The van der Waals surface area contributed by atoms with Crippen LogP contribution in [0.15, 0.2) is 58.3 Å². The summed E-state index contributed by atoms with van der Waals surface area (Å²) in [5.74, 6) is -5.86. The van der Waals surface area contributed by atoms with Crippen LogP contribution in [0, 0.1) is 0 Å². The third-order valence-corrected chi connectivity index (χ3v) is 7.98. The predicted octanol–water partition coefficient (Wildman–Crippen LogP) is -3.82. The van der Waals surface area contributed by atoms with Crippen LogP contribution in [0.5, 0.6) is 0 Å². The fourth-order valence-electron chi connectivity index (χ4n) is 3.20. The van der Waals surface area contributed by atoms with Crippen molar-refractivity contribution in [3.05, 3.63) is 48.5 Å². The Morgan fingerprint density at radius 3 is 1.28 bits per heavy atom. The SMILES string of the molecule is NC(=O)C(NS(=O)(=O)c1cccc(Nc2nc(N)nc(Nc3cccc(S(=O)(=O)NC(C(N)=O)C(N)=O)c3)n2)c1)C(N)=O. The van der Waals surface area contributed by atoms with Gasteiger partial charge in [0.25, 0.3) is 0 Å². The van der Waals surface area contributed by atoms with Crippen LogP contribution >= 0.6 is 0 Å². The zero-order chi connectivity index (χ0) is 32.1. The van der Waals surface area contributed by atoms with Crippen molar-refractivity contribution in [2.24, 2.45) is 22.9 Å². The molecule has 0 unspecified atom stereocenters. The number of nitrogens with two attached hydrogens (primary N) is 5. The van der Waals surface area contributed by atoms with Gasteiger partial charge in [-0.15, -0.1) is 0 Å². The summed E-state index contributed by atoms with van der Waals surface area (Å²) < 4.78 is 54.3. The fraction of sp³-hybridized carbons (Fsp3) is 0.0952. The maximum absolute atomic E-state index is 12.7. The Kier molecular flexibility index (Phi) is 9.40. The van der Waals surface area contributed by atoms with Crippen molar-refractivity contribution >= 4 is 72.9 Å². The molecule has 0 saturated carbocycles. The van der Waals surface area contributed by atoms with Crippen LogP contribution in [0.2, 0.25) is 0 Å². The van der Waals surface area contributed by atoms with Gasteiger partial charge in [0.2, 0.25) is 61.5 Å². The summed E-state index contributed by atoms with van der Waals surface area (Å²) in [6, 6.07) is 6.07. The minimum atomic E-state index is -4.44. The molecular formula is C21H24N12O8S2. The summed E-state index contributed by atoms with van der Waals surface area (Å²) in [6.07, 6.45) is 0. The Morgan fingerprint density at radius 2 is 0.953 bits per heavy atom. The lowest BCUT2D eigenvalue weighted by Gasteiger charge is -2.14. The highest BCUT2D eigenvalue weighted by Gasteiger charge is 2.30. The van der Waals surface area contributed by atoms with Gasteiger partial charge < -0.3 is 39.3 Å². The molecule has 14 N–H and O–H groups in total. The van der Waals surface area contributed by atoms with E-state index in [2.05, 4.69) is 25.6 Å². The second-order valence-electron chi connectivity index (χ2n) is 8.36. The molecule has 1 aromatic heterocycles. The van der Waals surface area contributed by atoms with Crippen molar-refractivity contribution in [3.8, 4) is 0 Å². The third kappa shape index (κ3) is 8.29. The summed E-state index contributed by atoms with van der Waals surface area (Å²) in [7, 11) is -8.88. The third-order valence-electron chi connectivity index (χ3n) is 5.14. The fourth-order valence-corrected chi connectivity index (χ4v) is 5.64. The molecule has 0 aliphatic rings. The van der Waals surface area contributed by atoms with Crippen LogP contribution in [0.4, 0.5) is 29.2 Å². The Labute approximate surface area is 242 Å². The minimum absolute atomic E-state index is 0.117. The molecule has 228 valence electrons. The van der Waals surface area contributed by atoms with E-state index in [4.69, 9.17) is 28.7 Å². The Morgan fingerprint density at radius 1 is 0.605 bits per heavy atom. The number of aromatic nitrogens is 3. The van der Waals surface area contributed by atoms with Gasteiger partial charge in [0, 0.05) is 11.4 Å². The maximum atomic E-state index is 12.7. The molecule has 3 aromatic rings. The van der Waals surface area contributed by atoms with Gasteiger partial charge in [0.15, 0.2) is 12.1 Å². The molecule has 3 rings (SSSR count). The van der Waals surface area contributed by atoms with E-state index in [0.717, 1.165) is 24.3 Å². The highest BCUT2D eigenvalue weighted by atomic mass is 32.2. The molecule has 0 aliphatic carbocycles. The molecule has 0 fully saturated rings. The molecule has 43 heavy (non-hydrogen) atoms. The van der Waals surface area contributed by atoms with Crippen LogP contribution in [0.3, 0.4) is 0 Å². The van der Waals surface area contributed by atoms with Crippen molar-refractivity contribution in [2.45, 2.75) is 21.9 Å². The second kappa shape index (κ2) is 12.6. The summed E-state index contributed by atoms with van der Waals surface area (Å²) in [6.45, 7) is 0. The quantitative estimate of drug-likeness (QED) is 0.0766. The molecule has 0 atom stereocenters. The van der Waals surface area contributed by atoms with Gasteiger partial charge in [-0.1, -0.05) is 12.1 Å². The van der Waals surface area contributed by atoms with Gasteiger partial charge >= 0.3 is 0 Å². The van der Waals surface area contributed by atoms with Gasteiger partial charge in [-0.2, -0.15) is 24.4 Å². The molecule has 0 bridgehead atoms. The monoisotopic (exact) mass is 636 g/mol. The number of amides is 4. The number of sulfonamides is 2. The molecule has 1 heterocycles. The van der Waals surface area contributed by atoms with Gasteiger partial charge in [-0.3, -0.25) is 19.2 Å². The highest BCUT2D eigenvalue weighted by Crippen LogP contribution is 2.22. The van der Waals surface area contributed by atoms with Crippen LogP contribution < -0.4 is 48.7 Å². The van der Waals surface area contributed by atoms with Crippen LogP contribution in [0.1, 0.15) is 0 Å². The summed E-state index contributed by atoms with van der Waals surface area (Å²) >= 11 is 0. The van der Waals surface area contributed by atoms with E-state index in [1.165, 1.54) is 24.3 Å². The normalized spacial score (nSPS) is 11.7. The zero-order valence-electron chi connectivity index (χ0n) is 21.6. The van der Waals surface area contributed by atoms with E-state index >= 15 is 0 Å². The second-order valence-corrected chi connectivity index (χ2v) is 11.8. The molecule has 2 aromatic carbocycles. The molecule has 0 radical (unpaired) electrons. The van der Waals surface area contributed by atoms with E-state index in [9.17, 15) is 36.0 Å². The summed E-state index contributed by atoms with van der Waals surface area (Å²) in [4.78, 5) is 56.7. The number of hydrogen-bond donors (Lipinski definition) is 9. The first-order chi connectivity index (χ1) is 20.0. The molecule has 0 aliphatic heterocycles. The van der Waals surface area contributed by atoms with E-state index in [1.54, 1.807) is 0 Å². The average molecular weight is 637 g/mol. The topological polar surface area (TPSA) is 353 Å². The van der Waals surface area contributed by atoms with Gasteiger partial charge in [0.05, 0.1) is 9.79 Å². The first-order valence-corrected chi connectivity index (χ1v) is 14.4. The number of nitrogens with one attached hydrogen (secondary N) is 4. The van der Waals surface area contributed by atoms with Crippen LogP contribution in [-0.4, -0.2) is 67.5 Å². The van der Waals surface area contributed by atoms with Gasteiger partial charge in [-0.25, -0.2) is 16.8 Å². The standard InChI is InChI=1S/C21H24N12O8S2/c22-15(34)13(16(23)35)32-42(38,39)11-5-1-3-9(7-11)27-20-29-19(26)30-21(31-20)28-10-4-2-6-12(8-10)43(40,41)33-14(17(24)36)18(25)37/h1-8,13-14,32-33H,(H2,22,34)(H2,23,35)(H2,24,36)(H2,25,37)(H4,26,27,28,29,30,31). The first kappa shape index (κ1) is 32.1. The summed E-state index contributed by atoms with van der Waals surface area (Å²) in [5.41, 5.74) is 26.1. The Bertz CT molecular complexity index is 1660. The molecule has 4 amide bonds. The number of primary amides is 4. The van der Waals surface area contributed by atoms with Crippen molar-refractivity contribution in [1.82, 2.24) is 24.4 Å². The van der Waals surface area contributed by atoms with E-state index < -0.39 is 55.8 Å². The predicted molar refractivity (Wildman–Crippen MR) is 149 cm³/mol. The average Bonchev–Trinajstić information content (AvgIpc) is 2.90. The van der Waals surface area contributed by atoms with Crippen LogP contribution in [0.25, 0.3) is 0 Å². The molecule has 0 spiro atoms. The van der Waals surface area contributed by atoms with E-state index in [0.29, 0.717) is 0 Å². The lowest BCUT2D eigenvalue weighted by atomic mass is 10.3. The Hall–Kier alpha value is -5.45. The van der Waals surface area contributed by atoms with Crippen molar-refractivity contribution in [3.63, 3.8) is 0 Å². The number of hydrogen-bond acceptors (Lipinski definition) is 14. The van der Waals surface area contributed by atoms with E-state index in [-0.39, 0.29) is 39.0 Å². The number of carbonyl (C=O) groups is 4. The lowest BCUT2D eigenvalue weighted by molar-refractivity contribution is -0.129. The maximum Gasteiger partial charge on any atom is 0.245 e. The molecule has 22 heteroatoms. The van der Waals surface area contributed by atoms with Gasteiger partial charge in [0.1, 0.15) is 0 Å². The number of nitrogen functional groups attached to an aromatic ring is 1. The minimum Gasteiger partial charge on any atom is -0.368 e. The van der Waals surface area contributed by atoms with Crippen molar-refractivity contribution in [1.29, 1.82) is 0 Å². The zero-order valence-corrected chi connectivity index (χ0v) is 23.2.